The molecular weight excluding hydrogens is 746 g/mol. The predicted octanol–water partition coefficient (Wildman–Crippen LogP) is 4.94. The van der Waals surface area contributed by atoms with Gasteiger partial charge in [-0.15, -0.1) is 6.58 Å². The van der Waals surface area contributed by atoms with E-state index < -0.39 is 57.0 Å². The van der Waals surface area contributed by atoms with Crippen LogP contribution in [0.5, 0.6) is 0 Å². The molecule has 1 fully saturated rings. The van der Waals surface area contributed by atoms with Crippen LogP contribution in [0.2, 0.25) is 5.04 Å². The maximum atomic E-state index is 13.6. The second kappa shape index (κ2) is 18.5. The van der Waals surface area contributed by atoms with Crippen molar-refractivity contribution in [2.24, 2.45) is 0 Å². The maximum absolute atomic E-state index is 13.6. The van der Waals surface area contributed by atoms with Gasteiger partial charge in [0, 0.05) is 18.2 Å². The van der Waals surface area contributed by atoms with Crippen molar-refractivity contribution < 1.29 is 41.4 Å². The van der Waals surface area contributed by atoms with E-state index in [1.54, 1.807) is 41.7 Å². The molecule has 15 heteroatoms. The highest BCUT2D eigenvalue weighted by Gasteiger charge is 2.51. The van der Waals surface area contributed by atoms with Gasteiger partial charge in [-0.05, 0) is 27.5 Å². The molecule has 0 aliphatic carbocycles. The molecule has 1 saturated heterocycles. The molecule has 5 rings (SSSR count). The molecule has 11 nitrogen and oxygen atoms in total. The summed E-state index contributed by atoms with van der Waals surface area (Å²) in [6.45, 7) is 9.66. The molecule has 2 heterocycles. The molecule has 1 aliphatic rings. The molecule has 294 valence electrons. The number of nitrogens with zero attached hydrogens (tertiary/aromatic N) is 2. The zero-order valence-corrected chi connectivity index (χ0v) is 32.2. The summed E-state index contributed by atoms with van der Waals surface area (Å²) in [5.74, 6) is 2.07. The summed E-state index contributed by atoms with van der Waals surface area (Å²) in [5.41, 5.74) is -0.557. The molecular formula is C41H43F3N4O7Si. The van der Waals surface area contributed by atoms with Crippen LogP contribution in [0, 0.1) is 11.8 Å². The van der Waals surface area contributed by atoms with E-state index in [-0.39, 0.29) is 48.4 Å². The van der Waals surface area contributed by atoms with Crippen LogP contribution in [0.3, 0.4) is 0 Å². The molecule has 0 radical (unpaired) electrons. The van der Waals surface area contributed by atoms with Gasteiger partial charge in [-0.25, -0.2) is 4.79 Å². The average Bonchev–Trinajstić information content (AvgIpc) is 3.58. The molecule has 0 saturated carbocycles. The SMILES string of the molecule is C=CCOCOC1C[C@H](n2cc(C#CCNC(=O)C(F)(F)F)c(NC(=O)c3ccccc3)nc2=O)O[C@@H]1CO[Si](c1ccccc1)(c1ccccc1)C(C)(C)C. The van der Waals surface area contributed by atoms with Gasteiger partial charge in [0.25, 0.3) is 14.2 Å². The van der Waals surface area contributed by atoms with Crippen molar-refractivity contribution in [3.63, 3.8) is 0 Å². The number of aromatic nitrogens is 2. The van der Waals surface area contributed by atoms with Gasteiger partial charge < -0.3 is 29.3 Å². The highest BCUT2D eigenvalue weighted by molar-refractivity contribution is 6.99. The van der Waals surface area contributed by atoms with E-state index in [9.17, 15) is 27.6 Å². The fraction of sp³-hybridized carbons (Fsp3) is 0.317. The summed E-state index contributed by atoms with van der Waals surface area (Å²) < 4.78 is 64.8. The van der Waals surface area contributed by atoms with Crippen LogP contribution in [0.15, 0.2) is 115 Å². The number of rotatable bonds is 14. The number of hydrogen-bond donors (Lipinski definition) is 2. The largest absolute Gasteiger partial charge is 0.471 e. The topological polar surface area (TPSA) is 130 Å². The van der Waals surface area contributed by atoms with Crippen LogP contribution in [-0.4, -0.2) is 74.6 Å². The van der Waals surface area contributed by atoms with Crippen LogP contribution < -0.4 is 26.7 Å². The number of halogens is 3. The first-order chi connectivity index (χ1) is 26.7. The van der Waals surface area contributed by atoms with Gasteiger partial charge in [0.2, 0.25) is 0 Å². The number of hydrogen-bond acceptors (Lipinski definition) is 8. The van der Waals surface area contributed by atoms with Gasteiger partial charge in [-0.2, -0.15) is 18.2 Å². The molecule has 2 amide bonds. The Morgan fingerprint density at radius 3 is 2.18 bits per heavy atom. The van der Waals surface area contributed by atoms with Gasteiger partial charge >= 0.3 is 17.8 Å². The first-order valence-corrected chi connectivity index (χ1v) is 19.7. The highest BCUT2D eigenvalue weighted by atomic mass is 28.4. The third-order valence-corrected chi connectivity index (χ3v) is 14.0. The highest BCUT2D eigenvalue weighted by Crippen LogP contribution is 2.38. The standard InChI is InChI=1S/C41H43F3N4O7Si/c1-5-24-52-28-53-33-25-35(55-34(33)27-54-56(40(2,3)4,31-19-11-7-12-20-31)32-21-13-8-14-22-32)48-26-30(18-15-23-45-38(50)41(42,43)44)36(47-39(48)51)46-37(49)29-16-9-6-10-17-29/h5-14,16-17,19-22,26,33-35H,1,23-25,27-28H2,2-4H3,(H,45,50)(H,46,47,49,51)/t33?,34-,35-/m1/s1. The Morgan fingerprint density at radius 2 is 1.61 bits per heavy atom. The van der Waals surface area contributed by atoms with Gasteiger partial charge in [0.15, 0.2) is 5.82 Å². The minimum absolute atomic E-state index is 0.0162. The van der Waals surface area contributed by atoms with E-state index in [1.807, 2.05) is 36.4 Å². The van der Waals surface area contributed by atoms with Crippen molar-refractivity contribution in [1.29, 1.82) is 0 Å². The van der Waals surface area contributed by atoms with Crippen LogP contribution in [-0.2, 0) is 23.4 Å². The number of carbonyl (C=O) groups excluding carboxylic acids is 2. The molecule has 3 atom stereocenters. The number of benzene rings is 3. The van der Waals surface area contributed by atoms with E-state index >= 15 is 0 Å². The molecule has 1 unspecified atom stereocenters. The second-order valence-electron chi connectivity index (χ2n) is 13.8. The van der Waals surface area contributed by atoms with Crippen molar-refractivity contribution in [3.8, 4) is 11.8 Å². The minimum Gasteiger partial charge on any atom is -0.405 e. The van der Waals surface area contributed by atoms with Crippen molar-refractivity contribution >= 4 is 36.3 Å². The molecule has 3 aromatic carbocycles. The molecule has 2 N–H and O–H groups in total. The maximum Gasteiger partial charge on any atom is 0.471 e. The minimum atomic E-state index is -5.10. The monoisotopic (exact) mass is 788 g/mol. The Kier molecular flexibility index (Phi) is 13.8. The molecule has 4 aromatic rings. The number of alkyl halides is 3. The Bertz CT molecular complexity index is 2040. The van der Waals surface area contributed by atoms with Crippen LogP contribution in [0.1, 0.15) is 49.3 Å². The summed E-state index contributed by atoms with van der Waals surface area (Å²) >= 11 is 0. The van der Waals surface area contributed by atoms with Crippen LogP contribution in [0.25, 0.3) is 0 Å². The number of ether oxygens (including phenoxy) is 3. The van der Waals surface area contributed by atoms with E-state index in [1.165, 1.54) is 10.8 Å². The van der Waals surface area contributed by atoms with Crippen LogP contribution >= 0.6 is 0 Å². The zero-order chi connectivity index (χ0) is 40.3. The van der Waals surface area contributed by atoms with Gasteiger partial charge in [0.1, 0.15) is 19.1 Å². The predicted molar refractivity (Wildman–Crippen MR) is 207 cm³/mol. The third-order valence-electron chi connectivity index (χ3n) is 9.01. The molecule has 0 spiro atoms. The van der Waals surface area contributed by atoms with Crippen molar-refractivity contribution in [2.75, 3.05) is 31.9 Å². The quantitative estimate of drug-likeness (QED) is 0.0605. The van der Waals surface area contributed by atoms with E-state index in [4.69, 9.17) is 18.6 Å². The summed E-state index contributed by atoms with van der Waals surface area (Å²) in [4.78, 5) is 42.1. The Hall–Kier alpha value is -5.37. The van der Waals surface area contributed by atoms with E-state index in [2.05, 4.69) is 73.8 Å². The second-order valence-corrected chi connectivity index (χ2v) is 18.1. The van der Waals surface area contributed by atoms with Crippen molar-refractivity contribution in [1.82, 2.24) is 14.9 Å². The first-order valence-electron chi connectivity index (χ1n) is 17.8. The van der Waals surface area contributed by atoms with E-state index in [0.29, 0.717) is 0 Å². The average molecular weight is 789 g/mol. The first kappa shape index (κ1) is 41.8. The number of nitrogens with one attached hydrogen (secondary N) is 2. The molecule has 56 heavy (non-hydrogen) atoms. The van der Waals surface area contributed by atoms with Gasteiger partial charge in [0.05, 0.1) is 31.4 Å². The zero-order valence-electron chi connectivity index (χ0n) is 31.2. The lowest BCUT2D eigenvalue weighted by Crippen LogP contribution is -2.67. The molecule has 1 aromatic heterocycles. The van der Waals surface area contributed by atoms with Crippen molar-refractivity contribution in [3.05, 3.63) is 131 Å². The van der Waals surface area contributed by atoms with Gasteiger partial charge in [-0.3, -0.25) is 14.2 Å². The lowest BCUT2D eigenvalue weighted by molar-refractivity contribution is -0.173. The lowest BCUT2D eigenvalue weighted by atomic mass is 10.2. The Morgan fingerprint density at radius 1 is 1.00 bits per heavy atom. The van der Waals surface area contributed by atoms with E-state index in [0.717, 1.165) is 10.4 Å². The lowest BCUT2D eigenvalue weighted by Gasteiger charge is -2.43. The van der Waals surface area contributed by atoms with Crippen molar-refractivity contribution in [2.45, 2.75) is 56.8 Å². The Labute approximate surface area is 324 Å². The third kappa shape index (κ3) is 10.1. The number of amides is 2. The van der Waals surface area contributed by atoms with Gasteiger partial charge in [-0.1, -0.05) is 118 Å². The molecule has 1 aliphatic heterocycles. The fourth-order valence-electron chi connectivity index (χ4n) is 6.43. The normalized spacial score (nSPS) is 17.1. The smallest absolute Gasteiger partial charge is 0.405 e. The summed E-state index contributed by atoms with van der Waals surface area (Å²) in [6.07, 6.45) is -4.35. The summed E-state index contributed by atoms with van der Waals surface area (Å²) in [7, 11) is -3.02. The fourth-order valence-corrected chi connectivity index (χ4v) is 11.0. The Balaban J connectivity index is 1.49. The van der Waals surface area contributed by atoms with Crippen LogP contribution in [0.4, 0.5) is 19.0 Å². The summed E-state index contributed by atoms with van der Waals surface area (Å²) in [5, 5.41) is 6.01. The molecule has 0 bridgehead atoms. The number of carbonyl (C=O) groups is 2. The summed E-state index contributed by atoms with van der Waals surface area (Å²) in [6, 6.07) is 28.2. The number of anilines is 1.